The monoisotopic (exact) mass is 296 g/mol. The minimum absolute atomic E-state index is 0.0902. The lowest BCUT2D eigenvalue weighted by atomic mass is 10.3. The number of carbonyl (C=O) groups is 2. The fourth-order valence-electron chi connectivity index (χ4n) is 1.25. The molecule has 0 radical (unpaired) electrons. The first-order valence-electron chi connectivity index (χ1n) is 5.07. The molecular weight excluding hydrogens is 291 g/mol. The topological polar surface area (TPSA) is 69.2 Å². The summed E-state index contributed by atoms with van der Waals surface area (Å²) in [7, 11) is 0. The van der Waals surface area contributed by atoms with Crippen molar-refractivity contribution in [3.05, 3.63) is 58.1 Å². The molecule has 7 heteroatoms. The normalized spacial score (nSPS) is 10.0. The molecule has 0 atom stereocenters. The number of esters is 2. The van der Waals surface area contributed by atoms with Gasteiger partial charge < -0.3 is 4.74 Å². The van der Waals surface area contributed by atoms with Crippen LogP contribution in [0.4, 0.5) is 0 Å². The van der Waals surface area contributed by atoms with E-state index in [-0.39, 0.29) is 21.4 Å². The van der Waals surface area contributed by atoms with Crippen molar-refractivity contribution in [2.45, 2.75) is 0 Å². The first-order valence-corrected chi connectivity index (χ1v) is 5.82. The number of carbonyl (C=O) groups excluding carboxylic acids is 2. The van der Waals surface area contributed by atoms with Crippen LogP contribution in [-0.2, 0) is 4.74 Å². The molecule has 0 saturated heterocycles. The van der Waals surface area contributed by atoms with E-state index in [1.807, 2.05) is 0 Å². The third-order valence-electron chi connectivity index (χ3n) is 2.09. The maximum absolute atomic E-state index is 11.7. The molecule has 2 aromatic heterocycles. The molecule has 19 heavy (non-hydrogen) atoms. The average molecular weight is 297 g/mol. The van der Waals surface area contributed by atoms with Crippen molar-refractivity contribution in [3.63, 3.8) is 0 Å². The van der Waals surface area contributed by atoms with Gasteiger partial charge in [-0.25, -0.2) is 19.6 Å². The van der Waals surface area contributed by atoms with Gasteiger partial charge in [0.05, 0.1) is 10.0 Å². The van der Waals surface area contributed by atoms with Gasteiger partial charge in [0, 0.05) is 12.4 Å². The van der Waals surface area contributed by atoms with Crippen LogP contribution >= 0.6 is 23.2 Å². The molecule has 2 aromatic rings. The van der Waals surface area contributed by atoms with Gasteiger partial charge in [-0.1, -0.05) is 23.2 Å². The van der Waals surface area contributed by atoms with Crippen LogP contribution in [0.5, 0.6) is 0 Å². The summed E-state index contributed by atoms with van der Waals surface area (Å²) >= 11 is 11.5. The standard InChI is InChI=1S/C12H6Cl2N2O3/c13-7-3-1-5-15-9(7)11(17)19-12(18)10-8(14)4-2-6-16-10/h1-6H. The van der Waals surface area contributed by atoms with Crippen LogP contribution in [0.3, 0.4) is 0 Å². The van der Waals surface area contributed by atoms with Crippen LogP contribution < -0.4 is 0 Å². The van der Waals surface area contributed by atoms with E-state index in [0.717, 1.165) is 0 Å². The molecule has 5 nitrogen and oxygen atoms in total. The summed E-state index contributed by atoms with van der Waals surface area (Å²) < 4.78 is 4.61. The highest BCUT2D eigenvalue weighted by atomic mass is 35.5. The Labute approximate surface area is 118 Å². The lowest BCUT2D eigenvalue weighted by Crippen LogP contribution is -2.15. The smallest absolute Gasteiger partial charge is 0.366 e. The van der Waals surface area contributed by atoms with Crippen LogP contribution in [0.15, 0.2) is 36.7 Å². The Bertz CT molecular complexity index is 591. The minimum Gasteiger partial charge on any atom is -0.383 e. The van der Waals surface area contributed by atoms with Crippen molar-refractivity contribution in [2.75, 3.05) is 0 Å². The summed E-state index contributed by atoms with van der Waals surface area (Å²) in [5.41, 5.74) is -0.297. The zero-order chi connectivity index (χ0) is 13.8. The van der Waals surface area contributed by atoms with Crippen LogP contribution in [0.25, 0.3) is 0 Å². The van der Waals surface area contributed by atoms with Crippen molar-refractivity contribution >= 4 is 35.1 Å². The number of rotatable bonds is 2. The van der Waals surface area contributed by atoms with Crippen molar-refractivity contribution in [1.29, 1.82) is 0 Å². The van der Waals surface area contributed by atoms with E-state index in [4.69, 9.17) is 23.2 Å². The van der Waals surface area contributed by atoms with Crippen LogP contribution in [0, 0.1) is 0 Å². The summed E-state index contributed by atoms with van der Waals surface area (Å²) in [5.74, 6) is -1.92. The van der Waals surface area contributed by atoms with Gasteiger partial charge in [0.15, 0.2) is 11.4 Å². The average Bonchev–Trinajstić information content (AvgIpc) is 2.39. The Kier molecular flexibility index (Phi) is 4.09. The minimum atomic E-state index is -0.961. The predicted molar refractivity (Wildman–Crippen MR) is 68.2 cm³/mol. The largest absolute Gasteiger partial charge is 0.383 e. The second-order valence-electron chi connectivity index (χ2n) is 3.34. The van der Waals surface area contributed by atoms with Gasteiger partial charge in [-0.15, -0.1) is 0 Å². The summed E-state index contributed by atoms with van der Waals surface area (Å²) in [5, 5.41) is 0.180. The van der Waals surface area contributed by atoms with Gasteiger partial charge in [-0.3, -0.25) is 0 Å². The summed E-state index contributed by atoms with van der Waals surface area (Å²) in [6, 6.07) is 6.03. The Hall–Kier alpha value is -1.98. The van der Waals surface area contributed by atoms with E-state index >= 15 is 0 Å². The zero-order valence-corrected chi connectivity index (χ0v) is 10.9. The molecule has 2 rings (SSSR count). The highest BCUT2D eigenvalue weighted by Gasteiger charge is 2.21. The first-order chi connectivity index (χ1) is 9.09. The van der Waals surface area contributed by atoms with Crippen LogP contribution in [0.2, 0.25) is 10.0 Å². The number of pyridine rings is 2. The molecule has 0 N–H and O–H groups in total. The molecule has 2 heterocycles. The molecule has 96 valence electrons. The van der Waals surface area contributed by atoms with Crippen molar-refractivity contribution in [3.8, 4) is 0 Å². The number of aromatic nitrogens is 2. The van der Waals surface area contributed by atoms with Gasteiger partial charge in [0.2, 0.25) is 0 Å². The second kappa shape index (κ2) is 5.77. The van der Waals surface area contributed by atoms with Crippen LogP contribution in [-0.4, -0.2) is 21.9 Å². The van der Waals surface area contributed by atoms with E-state index in [2.05, 4.69) is 14.7 Å². The number of hydrogen-bond donors (Lipinski definition) is 0. The summed E-state index contributed by atoms with van der Waals surface area (Å²) in [6.45, 7) is 0. The van der Waals surface area contributed by atoms with E-state index in [1.54, 1.807) is 12.1 Å². The predicted octanol–water partition coefficient (Wildman–Crippen LogP) is 2.78. The van der Waals surface area contributed by atoms with Gasteiger partial charge >= 0.3 is 11.9 Å². The number of nitrogens with zero attached hydrogens (tertiary/aromatic N) is 2. The van der Waals surface area contributed by atoms with Crippen molar-refractivity contribution in [1.82, 2.24) is 9.97 Å². The number of ether oxygens (including phenoxy) is 1. The van der Waals surface area contributed by atoms with Gasteiger partial charge in [-0.05, 0) is 24.3 Å². The molecule has 0 bridgehead atoms. The second-order valence-corrected chi connectivity index (χ2v) is 4.16. The van der Waals surface area contributed by atoms with E-state index in [1.165, 1.54) is 24.5 Å². The van der Waals surface area contributed by atoms with Gasteiger partial charge in [0.25, 0.3) is 0 Å². The molecule has 0 aliphatic rings. The van der Waals surface area contributed by atoms with E-state index < -0.39 is 11.9 Å². The van der Waals surface area contributed by atoms with Gasteiger partial charge in [-0.2, -0.15) is 0 Å². The van der Waals surface area contributed by atoms with Crippen molar-refractivity contribution < 1.29 is 14.3 Å². The van der Waals surface area contributed by atoms with E-state index in [0.29, 0.717) is 0 Å². The molecule has 0 spiro atoms. The highest BCUT2D eigenvalue weighted by Crippen LogP contribution is 2.16. The summed E-state index contributed by atoms with van der Waals surface area (Å²) in [6.07, 6.45) is 2.72. The molecule has 0 saturated carbocycles. The number of hydrogen-bond acceptors (Lipinski definition) is 5. The Morgan fingerprint density at radius 2 is 1.32 bits per heavy atom. The molecule has 0 aliphatic heterocycles. The first kappa shape index (κ1) is 13.5. The Balaban J connectivity index is 2.19. The molecular formula is C12H6Cl2N2O3. The molecule has 0 amide bonds. The zero-order valence-electron chi connectivity index (χ0n) is 9.34. The summed E-state index contributed by atoms with van der Waals surface area (Å²) in [4.78, 5) is 30.9. The number of halogens is 2. The molecule has 0 aromatic carbocycles. The lowest BCUT2D eigenvalue weighted by molar-refractivity contribution is 0.0389. The van der Waals surface area contributed by atoms with Crippen molar-refractivity contribution in [2.24, 2.45) is 0 Å². The quantitative estimate of drug-likeness (QED) is 0.629. The third kappa shape index (κ3) is 3.07. The maximum atomic E-state index is 11.7. The molecule has 0 fully saturated rings. The Morgan fingerprint density at radius 3 is 1.68 bits per heavy atom. The third-order valence-corrected chi connectivity index (χ3v) is 2.70. The maximum Gasteiger partial charge on any atom is 0.366 e. The van der Waals surface area contributed by atoms with Gasteiger partial charge in [0.1, 0.15) is 0 Å². The SMILES string of the molecule is O=C(OC(=O)c1ncccc1Cl)c1ncccc1Cl. The fraction of sp³-hybridized carbons (Fsp3) is 0. The van der Waals surface area contributed by atoms with E-state index in [9.17, 15) is 9.59 Å². The molecule has 0 aliphatic carbocycles. The van der Waals surface area contributed by atoms with Crippen LogP contribution in [0.1, 0.15) is 21.0 Å². The molecule has 0 unspecified atom stereocenters. The lowest BCUT2D eigenvalue weighted by Gasteiger charge is -2.04. The Morgan fingerprint density at radius 1 is 0.895 bits per heavy atom. The highest BCUT2D eigenvalue weighted by molar-refractivity contribution is 6.34. The fourth-order valence-corrected chi connectivity index (χ4v) is 1.65.